The van der Waals surface area contributed by atoms with Crippen LogP contribution in [0, 0.1) is 11.3 Å². The van der Waals surface area contributed by atoms with E-state index in [2.05, 4.69) is 0 Å². The first-order valence-corrected chi connectivity index (χ1v) is 6.14. The molecule has 1 N–H and O–H groups in total. The van der Waals surface area contributed by atoms with E-state index in [4.69, 9.17) is 9.47 Å². The smallest absolute Gasteiger partial charge is 0.143 e. The van der Waals surface area contributed by atoms with Crippen molar-refractivity contribution in [3.8, 4) is 0 Å². The molecule has 1 fully saturated rings. The average molecular weight is 244 g/mol. The van der Waals surface area contributed by atoms with Crippen LogP contribution in [0.15, 0.2) is 0 Å². The number of Topliss-reactive ketones (excluding diaryl/α,β-unsaturated/α-hetero) is 1. The summed E-state index contributed by atoms with van der Waals surface area (Å²) in [6.45, 7) is 8.31. The van der Waals surface area contributed by atoms with E-state index in [1.165, 1.54) is 0 Å². The van der Waals surface area contributed by atoms with Crippen molar-refractivity contribution < 1.29 is 19.4 Å². The number of carbonyl (C=O) groups is 1. The fourth-order valence-corrected chi connectivity index (χ4v) is 2.56. The molecule has 0 spiro atoms. The van der Waals surface area contributed by atoms with E-state index >= 15 is 0 Å². The molecular weight excluding hydrogens is 220 g/mol. The van der Waals surface area contributed by atoms with Crippen molar-refractivity contribution >= 4 is 5.78 Å². The van der Waals surface area contributed by atoms with Gasteiger partial charge in [-0.2, -0.15) is 0 Å². The van der Waals surface area contributed by atoms with E-state index in [1.54, 1.807) is 14.0 Å². The minimum atomic E-state index is -1.11. The van der Waals surface area contributed by atoms with Gasteiger partial charge in [0.05, 0.1) is 24.2 Å². The summed E-state index contributed by atoms with van der Waals surface area (Å²) in [7, 11) is 1.55. The predicted molar refractivity (Wildman–Crippen MR) is 64.8 cm³/mol. The Balaban J connectivity index is 3.02. The second kappa shape index (κ2) is 5.04. The molecule has 0 radical (unpaired) electrons. The van der Waals surface area contributed by atoms with Crippen LogP contribution in [0.1, 0.15) is 34.1 Å². The summed E-state index contributed by atoms with van der Waals surface area (Å²) in [5.41, 5.74) is -1.59. The van der Waals surface area contributed by atoms with Gasteiger partial charge in [0.2, 0.25) is 0 Å². The number of ketones is 1. The Hall–Kier alpha value is -0.450. The van der Waals surface area contributed by atoms with Gasteiger partial charge in [0, 0.05) is 25.6 Å². The third-order valence-electron chi connectivity index (χ3n) is 4.26. The molecule has 4 nitrogen and oxygen atoms in total. The zero-order valence-electron chi connectivity index (χ0n) is 11.4. The van der Waals surface area contributed by atoms with Crippen LogP contribution < -0.4 is 0 Å². The summed E-state index contributed by atoms with van der Waals surface area (Å²) in [4.78, 5) is 12.1. The molecule has 0 aromatic rings. The molecule has 100 valence electrons. The SMILES string of the molecule is CCOC1CC(=O)C(COC)C(C)(O)C1(C)C. The quantitative estimate of drug-likeness (QED) is 0.812. The van der Waals surface area contributed by atoms with Crippen LogP contribution in [0.4, 0.5) is 0 Å². The Morgan fingerprint density at radius 2 is 2.00 bits per heavy atom. The summed E-state index contributed by atoms with van der Waals surface area (Å²) in [6.07, 6.45) is 0.119. The van der Waals surface area contributed by atoms with Gasteiger partial charge in [-0.1, -0.05) is 13.8 Å². The third kappa shape index (κ3) is 2.39. The molecule has 4 heteroatoms. The van der Waals surface area contributed by atoms with Gasteiger partial charge in [-0.3, -0.25) is 4.79 Å². The highest BCUT2D eigenvalue weighted by Crippen LogP contribution is 2.46. The van der Waals surface area contributed by atoms with Crippen LogP contribution in [-0.4, -0.2) is 42.9 Å². The maximum absolute atomic E-state index is 12.1. The first-order valence-electron chi connectivity index (χ1n) is 6.14. The van der Waals surface area contributed by atoms with Crippen molar-refractivity contribution in [2.24, 2.45) is 11.3 Å². The molecule has 0 bridgehead atoms. The number of hydrogen-bond donors (Lipinski definition) is 1. The lowest BCUT2D eigenvalue weighted by molar-refractivity contribution is -0.198. The van der Waals surface area contributed by atoms with Crippen LogP contribution in [-0.2, 0) is 14.3 Å². The second-order valence-electron chi connectivity index (χ2n) is 5.49. The summed E-state index contributed by atoms with van der Waals surface area (Å²) >= 11 is 0. The highest BCUT2D eigenvalue weighted by molar-refractivity contribution is 5.84. The van der Waals surface area contributed by atoms with Crippen molar-refractivity contribution in [3.05, 3.63) is 0 Å². The lowest BCUT2D eigenvalue weighted by atomic mass is 9.59. The number of aliphatic hydroxyl groups is 1. The Labute approximate surface area is 103 Å². The van der Waals surface area contributed by atoms with Gasteiger partial charge in [0.25, 0.3) is 0 Å². The van der Waals surface area contributed by atoms with E-state index in [1.807, 2.05) is 20.8 Å². The molecule has 0 aromatic carbocycles. The number of carbonyl (C=O) groups excluding carboxylic acids is 1. The lowest BCUT2D eigenvalue weighted by Gasteiger charge is -2.52. The first-order chi connectivity index (χ1) is 7.79. The molecule has 0 heterocycles. The second-order valence-corrected chi connectivity index (χ2v) is 5.49. The molecule has 1 saturated carbocycles. The highest BCUT2D eigenvalue weighted by atomic mass is 16.5. The van der Waals surface area contributed by atoms with Crippen LogP contribution in [0.5, 0.6) is 0 Å². The van der Waals surface area contributed by atoms with Crippen molar-refractivity contribution in [1.82, 2.24) is 0 Å². The molecule has 1 aliphatic carbocycles. The maximum atomic E-state index is 12.1. The van der Waals surface area contributed by atoms with Gasteiger partial charge in [-0.05, 0) is 13.8 Å². The zero-order valence-corrected chi connectivity index (χ0v) is 11.4. The Morgan fingerprint density at radius 1 is 1.41 bits per heavy atom. The van der Waals surface area contributed by atoms with E-state index < -0.39 is 16.9 Å². The number of rotatable bonds is 4. The monoisotopic (exact) mass is 244 g/mol. The standard InChI is InChI=1S/C13H24O4/c1-6-17-11-7-10(14)9(8-16-5)13(4,15)12(11,2)3/h9,11,15H,6-8H2,1-5H3. The summed E-state index contributed by atoms with van der Waals surface area (Å²) in [6, 6.07) is 0. The van der Waals surface area contributed by atoms with E-state index in [0.717, 1.165) is 0 Å². The highest BCUT2D eigenvalue weighted by Gasteiger charge is 2.57. The Bertz CT molecular complexity index is 283. The summed E-state index contributed by atoms with van der Waals surface area (Å²) < 4.78 is 10.7. The Kier molecular flexibility index (Phi) is 4.33. The molecule has 3 unspecified atom stereocenters. The fraction of sp³-hybridized carbons (Fsp3) is 0.923. The number of hydrogen-bond acceptors (Lipinski definition) is 4. The normalized spacial score (nSPS) is 37.2. The molecule has 0 amide bonds. The molecule has 1 aliphatic rings. The Morgan fingerprint density at radius 3 is 2.47 bits per heavy atom. The minimum absolute atomic E-state index is 0.0228. The van der Waals surface area contributed by atoms with E-state index in [-0.39, 0.29) is 18.5 Å². The molecule has 1 rings (SSSR count). The number of methoxy groups -OCH3 is 1. The van der Waals surface area contributed by atoms with E-state index in [9.17, 15) is 9.90 Å². The topological polar surface area (TPSA) is 55.8 Å². The fourth-order valence-electron chi connectivity index (χ4n) is 2.56. The van der Waals surface area contributed by atoms with Gasteiger partial charge in [-0.25, -0.2) is 0 Å². The van der Waals surface area contributed by atoms with Crippen LogP contribution >= 0.6 is 0 Å². The molecule has 3 atom stereocenters. The zero-order chi connectivity index (χ0) is 13.3. The third-order valence-corrected chi connectivity index (χ3v) is 4.26. The van der Waals surface area contributed by atoms with E-state index in [0.29, 0.717) is 13.0 Å². The van der Waals surface area contributed by atoms with Crippen molar-refractivity contribution in [2.45, 2.75) is 45.8 Å². The number of ether oxygens (including phenoxy) is 2. The van der Waals surface area contributed by atoms with Gasteiger partial charge >= 0.3 is 0 Å². The summed E-state index contributed by atoms with van der Waals surface area (Å²) in [5.74, 6) is -0.450. The average Bonchev–Trinajstić information content (AvgIpc) is 2.22. The molecule has 17 heavy (non-hydrogen) atoms. The van der Waals surface area contributed by atoms with Crippen molar-refractivity contribution in [1.29, 1.82) is 0 Å². The van der Waals surface area contributed by atoms with Crippen molar-refractivity contribution in [3.63, 3.8) is 0 Å². The largest absolute Gasteiger partial charge is 0.389 e. The van der Waals surface area contributed by atoms with Crippen LogP contribution in [0.2, 0.25) is 0 Å². The van der Waals surface area contributed by atoms with Gasteiger partial charge in [-0.15, -0.1) is 0 Å². The predicted octanol–water partition coefficient (Wildman–Crippen LogP) is 1.40. The molecular formula is C13H24O4. The molecule has 0 saturated heterocycles. The van der Waals surface area contributed by atoms with Gasteiger partial charge in [0.1, 0.15) is 5.78 Å². The summed E-state index contributed by atoms with van der Waals surface area (Å²) in [5, 5.41) is 10.7. The lowest BCUT2D eigenvalue weighted by Crippen LogP contribution is -2.62. The van der Waals surface area contributed by atoms with Gasteiger partial charge < -0.3 is 14.6 Å². The molecule has 0 aromatic heterocycles. The van der Waals surface area contributed by atoms with Crippen molar-refractivity contribution in [2.75, 3.05) is 20.3 Å². The molecule has 0 aliphatic heterocycles. The maximum Gasteiger partial charge on any atom is 0.143 e. The van der Waals surface area contributed by atoms with Crippen LogP contribution in [0.25, 0.3) is 0 Å². The van der Waals surface area contributed by atoms with Gasteiger partial charge in [0.15, 0.2) is 0 Å². The first kappa shape index (κ1) is 14.6. The van der Waals surface area contributed by atoms with Crippen LogP contribution in [0.3, 0.4) is 0 Å². The minimum Gasteiger partial charge on any atom is -0.389 e.